The van der Waals surface area contributed by atoms with Crippen LogP contribution in [0.5, 0.6) is 23.0 Å². The molecular weight excluding hydrogens is 509 g/mol. The minimum atomic E-state index is -0.859. The van der Waals surface area contributed by atoms with Crippen LogP contribution >= 0.6 is 24.0 Å². The van der Waals surface area contributed by atoms with Crippen LogP contribution in [-0.2, 0) is 0 Å². The van der Waals surface area contributed by atoms with Crippen molar-refractivity contribution in [2.75, 3.05) is 26.1 Å². The Bertz CT molecular complexity index is 977. The Hall–Kier alpha value is -2.98. The van der Waals surface area contributed by atoms with Gasteiger partial charge in [-0.05, 0) is 42.0 Å². The summed E-state index contributed by atoms with van der Waals surface area (Å²) in [4.78, 5) is 4.23. The molecule has 0 amide bonds. The maximum absolute atomic E-state index is 10.5. The van der Waals surface area contributed by atoms with E-state index in [-0.39, 0.29) is 36.5 Å². The van der Waals surface area contributed by atoms with Gasteiger partial charge in [-0.2, -0.15) is 0 Å². The van der Waals surface area contributed by atoms with Gasteiger partial charge in [-0.1, -0.05) is 24.3 Å². The molecule has 4 N–H and O–H groups in total. The number of methoxy groups -OCH3 is 2. The number of anilines is 1. The maximum atomic E-state index is 10.5. The third-order valence-electron chi connectivity index (χ3n) is 4.28. The minimum Gasteiger partial charge on any atom is -0.497 e. The standard InChI is InChI=1S/C23H25N3O4.HI/c1-28-20-11-16(12-21(14-20)29-2)22(27)15-25-23(24)26-17-7-6-10-19(13-17)30-18-8-4-3-5-9-18;/h3-14,22,27H,15H2,1-2H3,(H3,24,25,26);1H. The number of hydrogen-bond donors (Lipinski definition) is 3. The van der Waals surface area contributed by atoms with Gasteiger partial charge in [0.15, 0.2) is 5.96 Å². The molecule has 3 aromatic carbocycles. The summed E-state index contributed by atoms with van der Waals surface area (Å²) >= 11 is 0. The largest absolute Gasteiger partial charge is 0.497 e. The zero-order valence-electron chi connectivity index (χ0n) is 17.3. The van der Waals surface area contributed by atoms with Gasteiger partial charge in [0.2, 0.25) is 0 Å². The number of aliphatic imine (C=N–C) groups is 1. The fourth-order valence-corrected chi connectivity index (χ4v) is 2.76. The number of aliphatic hydroxyl groups is 1. The number of benzene rings is 3. The SMILES string of the molecule is COc1cc(OC)cc(C(O)CN=C(N)Nc2cccc(Oc3ccccc3)c2)c1.I. The molecule has 0 radical (unpaired) electrons. The van der Waals surface area contributed by atoms with Crippen LogP contribution in [0.4, 0.5) is 5.69 Å². The van der Waals surface area contributed by atoms with Gasteiger partial charge in [0, 0.05) is 17.8 Å². The normalized spacial score (nSPS) is 11.8. The summed E-state index contributed by atoms with van der Waals surface area (Å²) in [5.74, 6) is 2.78. The molecule has 0 bridgehead atoms. The van der Waals surface area contributed by atoms with Crippen LogP contribution in [0.2, 0.25) is 0 Å². The number of ether oxygens (including phenoxy) is 3. The number of hydrogen-bond acceptors (Lipinski definition) is 5. The first kappa shape index (κ1) is 24.3. The van der Waals surface area contributed by atoms with Gasteiger partial charge in [-0.3, -0.25) is 4.99 Å². The molecule has 0 aliphatic rings. The summed E-state index contributed by atoms with van der Waals surface area (Å²) in [5, 5.41) is 13.5. The molecule has 7 nitrogen and oxygen atoms in total. The van der Waals surface area contributed by atoms with Crippen molar-refractivity contribution in [1.29, 1.82) is 0 Å². The van der Waals surface area contributed by atoms with Crippen molar-refractivity contribution in [2.45, 2.75) is 6.10 Å². The fourth-order valence-electron chi connectivity index (χ4n) is 2.76. The Labute approximate surface area is 198 Å². The topological polar surface area (TPSA) is 98.3 Å². The molecule has 0 aliphatic heterocycles. The van der Waals surface area contributed by atoms with Crippen LogP contribution < -0.4 is 25.3 Å². The number of aliphatic hydroxyl groups excluding tert-OH is 1. The summed E-state index contributed by atoms with van der Waals surface area (Å²) in [6, 6.07) is 22.1. The van der Waals surface area contributed by atoms with E-state index in [1.54, 1.807) is 32.4 Å². The zero-order chi connectivity index (χ0) is 21.3. The lowest BCUT2D eigenvalue weighted by Gasteiger charge is -2.13. The van der Waals surface area contributed by atoms with Gasteiger partial charge in [-0.15, -0.1) is 24.0 Å². The van der Waals surface area contributed by atoms with Gasteiger partial charge >= 0.3 is 0 Å². The average Bonchev–Trinajstić information content (AvgIpc) is 2.78. The molecule has 0 heterocycles. The van der Waals surface area contributed by atoms with Gasteiger partial charge in [0.05, 0.1) is 26.9 Å². The first-order chi connectivity index (χ1) is 14.6. The smallest absolute Gasteiger partial charge is 0.193 e. The molecule has 164 valence electrons. The first-order valence-corrected chi connectivity index (χ1v) is 9.38. The third kappa shape index (κ3) is 7.34. The molecule has 0 aliphatic carbocycles. The summed E-state index contributed by atoms with van der Waals surface area (Å²) < 4.78 is 16.3. The molecule has 3 aromatic rings. The Balaban J connectivity index is 0.00000341. The molecule has 3 rings (SSSR count). The van der Waals surface area contributed by atoms with Crippen LogP contribution in [0.1, 0.15) is 11.7 Å². The molecule has 0 aromatic heterocycles. The molecule has 31 heavy (non-hydrogen) atoms. The Morgan fingerprint density at radius 1 is 0.903 bits per heavy atom. The molecule has 1 unspecified atom stereocenters. The number of rotatable bonds is 8. The van der Waals surface area contributed by atoms with Crippen LogP contribution in [0.15, 0.2) is 77.8 Å². The van der Waals surface area contributed by atoms with Gasteiger partial charge < -0.3 is 30.4 Å². The van der Waals surface area contributed by atoms with Crippen molar-refractivity contribution >= 4 is 35.6 Å². The highest BCUT2D eigenvalue weighted by Crippen LogP contribution is 2.27. The number of halogens is 1. The van der Waals surface area contributed by atoms with E-state index < -0.39 is 6.10 Å². The van der Waals surface area contributed by atoms with E-state index in [9.17, 15) is 5.11 Å². The average molecular weight is 535 g/mol. The molecule has 0 spiro atoms. The van der Waals surface area contributed by atoms with Crippen molar-refractivity contribution in [3.63, 3.8) is 0 Å². The second-order valence-electron chi connectivity index (χ2n) is 6.46. The van der Waals surface area contributed by atoms with Crippen LogP contribution in [0, 0.1) is 0 Å². The van der Waals surface area contributed by atoms with Crippen LogP contribution in [-0.4, -0.2) is 31.8 Å². The zero-order valence-corrected chi connectivity index (χ0v) is 19.6. The van der Waals surface area contributed by atoms with Crippen LogP contribution in [0.3, 0.4) is 0 Å². The second-order valence-corrected chi connectivity index (χ2v) is 6.46. The lowest BCUT2D eigenvalue weighted by Crippen LogP contribution is -2.23. The predicted molar refractivity (Wildman–Crippen MR) is 133 cm³/mol. The Morgan fingerprint density at radius 2 is 1.55 bits per heavy atom. The van der Waals surface area contributed by atoms with E-state index in [0.29, 0.717) is 22.8 Å². The lowest BCUT2D eigenvalue weighted by molar-refractivity contribution is 0.186. The van der Waals surface area contributed by atoms with E-state index in [2.05, 4.69) is 10.3 Å². The summed E-state index contributed by atoms with van der Waals surface area (Å²) in [6.07, 6.45) is -0.859. The monoisotopic (exact) mass is 535 g/mol. The maximum Gasteiger partial charge on any atom is 0.193 e. The Morgan fingerprint density at radius 3 is 2.19 bits per heavy atom. The highest BCUT2D eigenvalue weighted by atomic mass is 127. The summed E-state index contributed by atoms with van der Waals surface area (Å²) in [5.41, 5.74) is 7.33. The molecule has 0 saturated heterocycles. The first-order valence-electron chi connectivity index (χ1n) is 9.38. The molecule has 0 fully saturated rings. The highest BCUT2D eigenvalue weighted by molar-refractivity contribution is 14.0. The van der Waals surface area contributed by atoms with Crippen molar-refractivity contribution in [3.05, 3.63) is 78.4 Å². The number of guanidine groups is 1. The predicted octanol–water partition coefficient (Wildman–Crippen LogP) is 4.57. The van der Waals surface area contributed by atoms with Crippen molar-refractivity contribution in [2.24, 2.45) is 10.7 Å². The molecule has 0 saturated carbocycles. The van der Waals surface area contributed by atoms with Crippen molar-refractivity contribution in [1.82, 2.24) is 0 Å². The lowest BCUT2D eigenvalue weighted by atomic mass is 10.1. The molecular formula is C23H26IN3O4. The van der Waals surface area contributed by atoms with E-state index in [1.807, 2.05) is 54.6 Å². The van der Waals surface area contributed by atoms with Gasteiger partial charge in [-0.25, -0.2) is 0 Å². The van der Waals surface area contributed by atoms with E-state index in [0.717, 1.165) is 11.4 Å². The summed E-state index contributed by atoms with van der Waals surface area (Å²) in [7, 11) is 3.11. The fraction of sp³-hybridized carbons (Fsp3) is 0.174. The van der Waals surface area contributed by atoms with Gasteiger partial charge in [0.25, 0.3) is 0 Å². The van der Waals surface area contributed by atoms with Crippen molar-refractivity contribution in [3.8, 4) is 23.0 Å². The number of nitrogens with zero attached hydrogens (tertiary/aromatic N) is 1. The quantitative estimate of drug-likeness (QED) is 0.222. The highest BCUT2D eigenvalue weighted by Gasteiger charge is 2.11. The molecule has 8 heteroatoms. The van der Waals surface area contributed by atoms with E-state index >= 15 is 0 Å². The number of nitrogens with two attached hydrogens (primary N) is 1. The second kappa shape index (κ2) is 12.0. The third-order valence-corrected chi connectivity index (χ3v) is 4.28. The number of para-hydroxylation sites is 1. The number of nitrogens with one attached hydrogen (secondary N) is 1. The Kier molecular flexibility index (Phi) is 9.41. The van der Waals surface area contributed by atoms with E-state index in [1.165, 1.54) is 0 Å². The van der Waals surface area contributed by atoms with Gasteiger partial charge in [0.1, 0.15) is 23.0 Å². The molecule has 1 atom stereocenters. The van der Waals surface area contributed by atoms with Crippen LogP contribution in [0.25, 0.3) is 0 Å². The minimum absolute atomic E-state index is 0. The summed E-state index contributed by atoms with van der Waals surface area (Å²) in [6.45, 7) is 0.0787. The van der Waals surface area contributed by atoms with E-state index in [4.69, 9.17) is 19.9 Å². The van der Waals surface area contributed by atoms with Crippen molar-refractivity contribution < 1.29 is 19.3 Å².